The molecule has 0 bridgehead atoms. The average Bonchev–Trinajstić information content (AvgIpc) is 3.22. The zero-order chi connectivity index (χ0) is 20.3. The lowest BCUT2D eigenvalue weighted by molar-refractivity contribution is -0.384. The van der Waals surface area contributed by atoms with Crippen LogP contribution in [0.3, 0.4) is 0 Å². The maximum atomic E-state index is 12.5. The summed E-state index contributed by atoms with van der Waals surface area (Å²) in [7, 11) is -3.51. The molecule has 1 aliphatic heterocycles. The molecular formula is C18H18BrN3O5S. The van der Waals surface area contributed by atoms with Crippen LogP contribution in [0.15, 0.2) is 51.8 Å². The molecule has 0 radical (unpaired) electrons. The van der Waals surface area contributed by atoms with Gasteiger partial charge in [0.25, 0.3) is 5.69 Å². The number of ketones is 1. The number of nitrogens with one attached hydrogen (secondary N) is 1. The highest BCUT2D eigenvalue weighted by molar-refractivity contribution is 9.10. The highest BCUT2D eigenvalue weighted by atomic mass is 79.9. The molecule has 28 heavy (non-hydrogen) atoms. The summed E-state index contributed by atoms with van der Waals surface area (Å²) in [6.45, 7) is 1.02. The van der Waals surface area contributed by atoms with E-state index in [9.17, 15) is 23.3 Å². The molecule has 8 nitrogen and oxygen atoms in total. The molecule has 0 amide bonds. The summed E-state index contributed by atoms with van der Waals surface area (Å²) < 4.78 is 27.0. The first kappa shape index (κ1) is 20.4. The summed E-state index contributed by atoms with van der Waals surface area (Å²) in [5, 5.41) is 13.7. The van der Waals surface area contributed by atoms with Crippen molar-refractivity contribution in [1.29, 1.82) is 0 Å². The second kappa shape index (κ2) is 8.38. The number of nitrogens with zero attached hydrogens (tertiary/aromatic N) is 2. The first-order chi connectivity index (χ1) is 13.3. The predicted molar refractivity (Wildman–Crippen MR) is 108 cm³/mol. The predicted octanol–water partition coefficient (Wildman–Crippen LogP) is 3.44. The van der Waals surface area contributed by atoms with Crippen LogP contribution >= 0.6 is 15.9 Å². The summed E-state index contributed by atoms with van der Waals surface area (Å²) in [5.74, 6) is -0.227. The van der Waals surface area contributed by atoms with Gasteiger partial charge in [-0.3, -0.25) is 14.9 Å². The molecule has 1 heterocycles. The minimum absolute atomic E-state index is 0.0331. The van der Waals surface area contributed by atoms with Gasteiger partial charge in [0.1, 0.15) is 0 Å². The van der Waals surface area contributed by atoms with E-state index in [0.29, 0.717) is 28.8 Å². The van der Waals surface area contributed by atoms with Crippen molar-refractivity contribution < 1.29 is 18.1 Å². The molecule has 2 aromatic rings. The number of rotatable bonds is 7. The van der Waals surface area contributed by atoms with Crippen LogP contribution < -0.4 is 5.32 Å². The van der Waals surface area contributed by atoms with E-state index in [-0.39, 0.29) is 22.9 Å². The van der Waals surface area contributed by atoms with E-state index in [1.54, 1.807) is 0 Å². The van der Waals surface area contributed by atoms with Crippen molar-refractivity contribution in [3.05, 3.63) is 62.6 Å². The fourth-order valence-electron chi connectivity index (χ4n) is 2.93. The van der Waals surface area contributed by atoms with Gasteiger partial charge in [-0.25, -0.2) is 8.42 Å². The van der Waals surface area contributed by atoms with Crippen LogP contribution in [0.25, 0.3) is 0 Å². The largest absolute Gasteiger partial charge is 0.377 e. The molecule has 1 fully saturated rings. The maximum Gasteiger partial charge on any atom is 0.270 e. The van der Waals surface area contributed by atoms with E-state index in [1.165, 1.54) is 46.8 Å². The van der Waals surface area contributed by atoms with Crippen molar-refractivity contribution in [3.8, 4) is 0 Å². The van der Waals surface area contributed by atoms with E-state index in [2.05, 4.69) is 21.2 Å². The number of carbonyl (C=O) groups excluding carboxylic acids is 1. The SMILES string of the molecule is O=C(CNc1ccc([N+](=O)[O-])cc1Br)c1ccc(S(=O)(=O)N2CCCC2)cc1. The van der Waals surface area contributed by atoms with Gasteiger partial charge in [0.2, 0.25) is 10.0 Å². The summed E-state index contributed by atoms with van der Waals surface area (Å²) in [6, 6.07) is 10.1. The molecule has 3 rings (SSSR count). The van der Waals surface area contributed by atoms with E-state index in [1.807, 2.05) is 0 Å². The van der Waals surface area contributed by atoms with Gasteiger partial charge in [0.15, 0.2) is 5.78 Å². The van der Waals surface area contributed by atoms with Crippen LogP contribution in [0.2, 0.25) is 0 Å². The lowest BCUT2D eigenvalue weighted by Gasteiger charge is -2.15. The molecule has 0 aromatic heterocycles. The van der Waals surface area contributed by atoms with Crippen molar-refractivity contribution in [1.82, 2.24) is 4.31 Å². The lowest BCUT2D eigenvalue weighted by atomic mass is 10.1. The van der Waals surface area contributed by atoms with Gasteiger partial charge in [-0.2, -0.15) is 4.31 Å². The second-order valence-electron chi connectivity index (χ2n) is 6.33. The fraction of sp³-hybridized carbons (Fsp3) is 0.278. The number of hydrogen-bond donors (Lipinski definition) is 1. The van der Waals surface area contributed by atoms with Crippen molar-refractivity contribution >= 4 is 43.1 Å². The number of benzene rings is 2. The second-order valence-corrected chi connectivity index (χ2v) is 9.13. The van der Waals surface area contributed by atoms with E-state index < -0.39 is 14.9 Å². The Morgan fingerprint density at radius 1 is 1.14 bits per heavy atom. The summed E-state index contributed by atoms with van der Waals surface area (Å²) >= 11 is 3.24. The van der Waals surface area contributed by atoms with Gasteiger partial charge >= 0.3 is 0 Å². The number of sulfonamides is 1. The van der Waals surface area contributed by atoms with Crippen molar-refractivity contribution in [2.24, 2.45) is 0 Å². The Bertz CT molecular complexity index is 1000. The number of anilines is 1. The summed E-state index contributed by atoms with van der Waals surface area (Å²) in [5.41, 5.74) is 0.872. The molecule has 1 N–H and O–H groups in total. The Morgan fingerprint density at radius 2 is 1.79 bits per heavy atom. The van der Waals surface area contributed by atoms with Crippen molar-refractivity contribution in [3.63, 3.8) is 0 Å². The zero-order valence-electron chi connectivity index (χ0n) is 14.8. The van der Waals surface area contributed by atoms with Crippen molar-refractivity contribution in [2.75, 3.05) is 25.0 Å². The Labute approximate surface area is 170 Å². The van der Waals surface area contributed by atoms with Gasteiger partial charge < -0.3 is 5.32 Å². The highest BCUT2D eigenvalue weighted by Gasteiger charge is 2.27. The molecule has 1 aliphatic rings. The quantitative estimate of drug-likeness (QED) is 0.379. The fourth-order valence-corrected chi connectivity index (χ4v) is 4.95. The third-order valence-electron chi connectivity index (χ3n) is 4.48. The molecule has 2 aromatic carbocycles. The topological polar surface area (TPSA) is 110 Å². The third kappa shape index (κ3) is 4.40. The Morgan fingerprint density at radius 3 is 2.36 bits per heavy atom. The standard InChI is InChI=1S/C18H18BrN3O5S/c19-16-11-14(22(24)25)5-8-17(16)20-12-18(23)13-3-6-15(7-4-13)28(26,27)21-9-1-2-10-21/h3-8,11,20H,1-2,9-10,12H2. The first-order valence-corrected chi connectivity index (χ1v) is 10.8. The number of halogens is 1. The third-order valence-corrected chi connectivity index (χ3v) is 7.05. The highest BCUT2D eigenvalue weighted by Crippen LogP contribution is 2.27. The molecule has 0 saturated carbocycles. The molecular weight excluding hydrogens is 450 g/mol. The molecule has 0 atom stereocenters. The zero-order valence-corrected chi connectivity index (χ0v) is 17.2. The Hall–Kier alpha value is -2.30. The minimum Gasteiger partial charge on any atom is -0.377 e. The molecule has 0 aliphatic carbocycles. The molecule has 1 saturated heterocycles. The van der Waals surface area contributed by atoms with Gasteiger partial charge in [-0.05, 0) is 59.1 Å². The lowest BCUT2D eigenvalue weighted by Crippen LogP contribution is -2.27. The first-order valence-electron chi connectivity index (χ1n) is 8.60. The van der Waals surface area contributed by atoms with E-state index in [4.69, 9.17) is 0 Å². The van der Waals surface area contributed by atoms with Crippen LogP contribution in [0.1, 0.15) is 23.2 Å². The van der Waals surface area contributed by atoms with Crippen molar-refractivity contribution in [2.45, 2.75) is 17.7 Å². The van der Waals surface area contributed by atoms with E-state index in [0.717, 1.165) is 12.8 Å². The normalized spacial score (nSPS) is 14.8. The number of carbonyl (C=O) groups is 1. The Balaban J connectivity index is 1.66. The van der Waals surface area contributed by atoms with E-state index >= 15 is 0 Å². The molecule has 0 unspecified atom stereocenters. The maximum absolute atomic E-state index is 12.5. The monoisotopic (exact) mass is 467 g/mol. The van der Waals surface area contributed by atoms with Gasteiger partial charge in [0, 0.05) is 40.9 Å². The minimum atomic E-state index is -3.51. The summed E-state index contributed by atoms with van der Waals surface area (Å²) in [6.07, 6.45) is 1.72. The number of Topliss-reactive ketones (excluding diaryl/α,β-unsaturated/α-hetero) is 1. The Kier molecular flexibility index (Phi) is 6.11. The number of non-ortho nitro benzene ring substituents is 1. The smallest absolute Gasteiger partial charge is 0.270 e. The molecule has 0 spiro atoms. The van der Waals surface area contributed by atoms with Crippen LogP contribution in [0, 0.1) is 10.1 Å². The number of nitro benzene ring substituents is 1. The van der Waals surface area contributed by atoms with Gasteiger partial charge in [0.05, 0.1) is 16.4 Å². The van der Waals surface area contributed by atoms with Crippen LogP contribution in [-0.4, -0.2) is 43.1 Å². The number of hydrogen-bond acceptors (Lipinski definition) is 6. The molecule has 10 heteroatoms. The van der Waals surface area contributed by atoms with Gasteiger partial charge in [-0.1, -0.05) is 0 Å². The van der Waals surface area contributed by atoms with Crippen LogP contribution in [-0.2, 0) is 10.0 Å². The van der Waals surface area contributed by atoms with Crippen LogP contribution in [0.4, 0.5) is 11.4 Å². The van der Waals surface area contributed by atoms with Crippen LogP contribution in [0.5, 0.6) is 0 Å². The summed E-state index contributed by atoms with van der Waals surface area (Å²) in [4.78, 5) is 22.8. The number of nitro groups is 1. The van der Waals surface area contributed by atoms with Gasteiger partial charge in [-0.15, -0.1) is 0 Å². The molecule has 148 valence electrons. The average molecular weight is 468 g/mol.